The number of rotatable bonds is 6. The molecule has 0 atom stereocenters. The Bertz CT molecular complexity index is 4000. The Morgan fingerprint density at radius 2 is 0.573 bits per heavy atom. The van der Waals surface area contributed by atoms with Gasteiger partial charge in [0.25, 0.3) is 0 Å². The molecule has 0 amide bonds. The Kier molecular flexibility index (Phi) is 8.58. The van der Waals surface area contributed by atoms with E-state index in [4.69, 9.17) is 0 Å². The van der Waals surface area contributed by atoms with Gasteiger partial charge in [-0.25, -0.2) is 0 Å². The first-order valence-electron chi connectivity index (χ1n) is 27.3. The van der Waals surface area contributed by atoms with Crippen molar-refractivity contribution in [1.82, 2.24) is 0 Å². The molecule has 0 aromatic heterocycles. The van der Waals surface area contributed by atoms with E-state index in [1.165, 1.54) is 139 Å². The molecule has 0 aliphatic heterocycles. The Hall–Kier alpha value is -7.68. The van der Waals surface area contributed by atoms with Crippen LogP contribution in [0.15, 0.2) is 170 Å². The molecule has 0 saturated heterocycles. The number of para-hydroxylation sites is 2. The maximum Gasteiger partial charge on any atom is 0.0468 e. The zero-order chi connectivity index (χ0) is 51.6. The van der Waals surface area contributed by atoms with E-state index in [1.54, 1.807) is 0 Å². The summed E-state index contributed by atoms with van der Waals surface area (Å²) in [6, 6.07) is 65.7. The summed E-state index contributed by atoms with van der Waals surface area (Å²) in [6.07, 6.45) is 0. The van der Waals surface area contributed by atoms with E-state index in [-0.39, 0.29) is 27.1 Å². The third-order valence-electron chi connectivity index (χ3n) is 19.6. The lowest BCUT2D eigenvalue weighted by molar-refractivity contribution is 0.638. The molecule has 10 aromatic carbocycles. The molecule has 5 aliphatic carbocycles. The molecule has 5 aliphatic rings. The minimum absolute atomic E-state index is 0.206. The van der Waals surface area contributed by atoms with Gasteiger partial charge in [0.1, 0.15) is 0 Å². The summed E-state index contributed by atoms with van der Waals surface area (Å²) in [5, 5.41) is 5.67. The van der Waals surface area contributed by atoms with Crippen LogP contribution in [-0.2, 0) is 27.1 Å². The Morgan fingerprint density at radius 3 is 0.960 bits per heavy atom. The number of fused-ring (bicyclic) bond motifs is 3. The highest BCUT2D eigenvalue weighted by Crippen LogP contribution is 2.64. The van der Waals surface area contributed by atoms with Gasteiger partial charge in [-0.15, -0.1) is 0 Å². The van der Waals surface area contributed by atoms with Crippen LogP contribution in [0.5, 0.6) is 0 Å². The predicted molar refractivity (Wildman–Crippen MR) is 317 cm³/mol. The smallest absolute Gasteiger partial charge is 0.0468 e. The second kappa shape index (κ2) is 14.4. The van der Waals surface area contributed by atoms with E-state index in [2.05, 4.69) is 263 Å². The largest absolute Gasteiger partial charge is 0.310 e. The van der Waals surface area contributed by atoms with Gasteiger partial charge < -0.3 is 9.80 Å². The van der Waals surface area contributed by atoms with Crippen LogP contribution in [0.4, 0.5) is 34.1 Å². The van der Waals surface area contributed by atoms with Gasteiger partial charge in [-0.1, -0.05) is 166 Å². The van der Waals surface area contributed by atoms with Crippen LogP contribution in [0.3, 0.4) is 0 Å². The maximum atomic E-state index is 2.66. The third-order valence-corrected chi connectivity index (χ3v) is 19.6. The fourth-order valence-electron chi connectivity index (χ4n) is 15.5. The number of nitrogens with zero attached hydrogens (tertiary/aromatic N) is 2. The Morgan fingerprint density at radius 1 is 0.253 bits per heavy atom. The second-order valence-corrected chi connectivity index (χ2v) is 25.4. The van der Waals surface area contributed by atoms with Gasteiger partial charge in [-0.2, -0.15) is 0 Å². The zero-order valence-electron chi connectivity index (χ0n) is 45.6. The van der Waals surface area contributed by atoms with Crippen molar-refractivity contribution in [2.45, 2.75) is 110 Å². The fourth-order valence-corrected chi connectivity index (χ4v) is 15.5. The summed E-state index contributed by atoms with van der Waals surface area (Å²) in [7, 11) is 0. The van der Waals surface area contributed by atoms with Crippen molar-refractivity contribution in [2.75, 3.05) is 9.80 Å². The molecule has 366 valence electrons. The van der Waals surface area contributed by atoms with Crippen LogP contribution in [-0.4, -0.2) is 0 Å². The minimum atomic E-state index is -0.285. The second-order valence-electron chi connectivity index (χ2n) is 25.4. The minimum Gasteiger partial charge on any atom is -0.310 e. The first-order chi connectivity index (χ1) is 35.8. The van der Waals surface area contributed by atoms with E-state index < -0.39 is 0 Å². The van der Waals surface area contributed by atoms with Crippen molar-refractivity contribution >= 4 is 55.7 Å². The Balaban J connectivity index is 0.976. The Labute approximate surface area is 443 Å². The van der Waals surface area contributed by atoms with E-state index in [9.17, 15) is 0 Å². The van der Waals surface area contributed by atoms with E-state index in [1.807, 2.05) is 0 Å². The molecule has 0 bridgehead atoms. The van der Waals surface area contributed by atoms with Gasteiger partial charge in [0.15, 0.2) is 0 Å². The summed E-state index contributed by atoms with van der Waals surface area (Å²) in [5.74, 6) is 0. The van der Waals surface area contributed by atoms with Gasteiger partial charge in [0.05, 0.1) is 0 Å². The molecule has 75 heavy (non-hydrogen) atoms. The van der Waals surface area contributed by atoms with Crippen LogP contribution in [0.2, 0.25) is 0 Å². The van der Waals surface area contributed by atoms with Crippen molar-refractivity contribution < 1.29 is 0 Å². The number of aryl methyl sites for hydroxylation is 2. The van der Waals surface area contributed by atoms with Gasteiger partial charge in [0, 0.05) is 61.2 Å². The van der Waals surface area contributed by atoms with E-state index >= 15 is 0 Å². The highest BCUT2D eigenvalue weighted by Gasteiger charge is 2.48. The topological polar surface area (TPSA) is 6.48 Å². The van der Waals surface area contributed by atoms with Crippen molar-refractivity contribution in [1.29, 1.82) is 0 Å². The maximum absolute atomic E-state index is 2.66. The fraction of sp³-hybridized carbons (Fsp3) is 0.233. The monoisotopic (exact) mass is 969 g/mol. The number of anilines is 6. The highest BCUT2D eigenvalue weighted by atomic mass is 15.1. The van der Waals surface area contributed by atoms with Crippen molar-refractivity contribution in [3.63, 3.8) is 0 Å². The summed E-state index contributed by atoms with van der Waals surface area (Å²) in [6.45, 7) is 29.3. The van der Waals surface area contributed by atoms with Gasteiger partial charge in [0.2, 0.25) is 0 Å². The molecule has 0 heterocycles. The molecule has 0 spiro atoms. The first-order valence-corrected chi connectivity index (χ1v) is 27.3. The molecule has 0 N–H and O–H groups in total. The quantitative estimate of drug-likeness (QED) is 0.164. The average Bonchev–Trinajstić information content (AvgIpc) is 4.12. The molecule has 2 heteroatoms. The van der Waals surface area contributed by atoms with Crippen LogP contribution in [0.25, 0.3) is 54.9 Å². The molecular weight excluding hydrogens is 905 g/mol. The van der Waals surface area contributed by atoms with Gasteiger partial charge >= 0.3 is 0 Å². The molecule has 0 unspecified atom stereocenters. The average molecular weight is 969 g/mol. The molecule has 0 fully saturated rings. The summed E-state index contributed by atoms with van der Waals surface area (Å²) in [4.78, 5) is 5.06. The van der Waals surface area contributed by atoms with Gasteiger partial charge in [-0.05, 0) is 208 Å². The molecular formula is C73H64N2. The summed E-state index contributed by atoms with van der Waals surface area (Å²) >= 11 is 0. The van der Waals surface area contributed by atoms with Crippen LogP contribution < -0.4 is 9.80 Å². The number of hydrogen-bond donors (Lipinski definition) is 0. The lowest BCUT2D eigenvalue weighted by Crippen LogP contribution is -2.26. The first kappa shape index (κ1) is 44.8. The number of benzene rings is 10. The van der Waals surface area contributed by atoms with E-state index in [0.29, 0.717) is 0 Å². The van der Waals surface area contributed by atoms with Crippen molar-refractivity contribution in [3.05, 3.63) is 237 Å². The van der Waals surface area contributed by atoms with Crippen LogP contribution >= 0.6 is 0 Å². The molecule has 10 aromatic rings. The highest BCUT2D eigenvalue weighted by molar-refractivity contribution is 6.12. The SMILES string of the molecule is Cc1cc2c3c4c(cccc14)C(C)(C)c1cc(N(c4ccc5c(c4)C(C)(C)c4cc(N(c6ccccc6)c6ccccc6)ccc4-5)c4cc5c6c(c4)C(C)(C)c4cccc7c(C)cc(c-6c47)C5(C)C)cc(c1-3)C2(C)C. The lowest BCUT2D eigenvalue weighted by Gasteiger charge is -2.38. The van der Waals surface area contributed by atoms with Crippen molar-refractivity contribution in [2.24, 2.45) is 0 Å². The van der Waals surface area contributed by atoms with Crippen LogP contribution in [0, 0.1) is 13.8 Å². The summed E-state index contributed by atoms with van der Waals surface area (Å²) in [5.41, 5.74) is 31.2. The predicted octanol–water partition coefficient (Wildman–Crippen LogP) is 19.7. The molecule has 0 radical (unpaired) electrons. The lowest BCUT2D eigenvalue weighted by atomic mass is 9.68. The third kappa shape index (κ3) is 5.55. The van der Waals surface area contributed by atoms with E-state index in [0.717, 1.165) is 17.1 Å². The van der Waals surface area contributed by atoms with Crippen molar-refractivity contribution in [3.8, 4) is 33.4 Å². The standard InChI is InChI=1S/C73H64N2/c1-41-33-57-67-63-49(41)25-19-27-53(63)69(3,4)59-37-47(39-61(65(59)67)72(57,9)10)75(48-38-60-66-62(40-48)73(11,12)58-34-42(2)50-26-20-28-54(70(60,5)6)64(50)68(58)66)46-30-32-52-51-31-29-45(35-55(51)71(7,8)56(52)36-46)74(43-21-15-13-16-22-43)44-23-17-14-18-24-44/h13-40H,1-12H3. The number of hydrogen-bond acceptors (Lipinski definition) is 2. The normalized spacial score (nSPS) is 17.1. The van der Waals surface area contributed by atoms with Crippen LogP contribution in [0.1, 0.15) is 136 Å². The zero-order valence-corrected chi connectivity index (χ0v) is 45.6. The molecule has 0 saturated carbocycles. The molecule has 15 rings (SSSR count). The van der Waals surface area contributed by atoms with Gasteiger partial charge in [-0.3, -0.25) is 0 Å². The molecule has 2 nitrogen and oxygen atoms in total. The summed E-state index contributed by atoms with van der Waals surface area (Å²) < 4.78 is 0.